The summed E-state index contributed by atoms with van der Waals surface area (Å²) in [5.74, 6) is 1.18. The Balaban J connectivity index is 2.29. The first-order chi connectivity index (χ1) is 6.90. The number of imidazole rings is 1. The van der Waals surface area contributed by atoms with Crippen LogP contribution in [-0.2, 0) is 0 Å². The molecule has 0 bridgehead atoms. The topological polar surface area (TPSA) is 17.8 Å². The Kier molecular flexibility index (Phi) is 2.20. The van der Waals surface area contributed by atoms with Crippen molar-refractivity contribution in [3.8, 4) is 0 Å². The average Bonchev–Trinajstić information content (AvgIpc) is 2.75. The molecule has 1 aromatic heterocycles. The maximum Gasteiger partial charge on any atom is 0.169 e. The van der Waals surface area contributed by atoms with Crippen molar-refractivity contribution in [2.24, 2.45) is 0 Å². The minimum atomic E-state index is 0.628. The number of nitrogens with zero attached hydrogens (tertiary/aromatic N) is 2. The molecule has 0 amide bonds. The molecule has 1 unspecified atom stereocenters. The molecule has 0 saturated heterocycles. The summed E-state index contributed by atoms with van der Waals surface area (Å²) >= 11 is 4.33. The van der Waals surface area contributed by atoms with Crippen LogP contribution in [0.25, 0.3) is 11.0 Å². The van der Waals surface area contributed by atoms with E-state index in [4.69, 9.17) is 0 Å². The van der Waals surface area contributed by atoms with Gasteiger partial charge >= 0.3 is 0 Å². The van der Waals surface area contributed by atoms with Gasteiger partial charge in [0, 0.05) is 10.2 Å². The Labute approximate surface area is 100 Å². The van der Waals surface area contributed by atoms with Gasteiger partial charge in [-0.15, -0.1) is 0 Å². The number of aromatic nitrogens is 2. The zero-order valence-electron chi connectivity index (χ0n) is 7.48. The fraction of sp³-hybridized carbons (Fsp3) is 0.300. The van der Waals surface area contributed by atoms with E-state index in [-0.39, 0.29) is 0 Å². The third-order valence-electron chi connectivity index (χ3n) is 2.51. The predicted octanol–water partition coefficient (Wildman–Crippen LogP) is 3.12. The Morgan fingerprint density at radius 3 is 3.21 bits per heavy atom. The molecule has 1 aliphatic heterocycles. The van der Waals surface area contributed by atoms with Gasteiger partial charge in [0.2, 0.25) is 0 Å². The van der Waals surface area contributed by atoms with Crippen molar-refractivity contribution >= 4 is 45.4 Å². The Hall–Kier alpha value is -0.230. The molecular weight excluding hydrogens is 307 g/mol. The molecule has 2 heterocycles. The lowest BCUT2D eigenvalue weighted by molar-refractivity contribution is 0.617. The van der Waals surface area contributed by atoms with Gasteiger partial charge < -0.3 is 4.57 Å². The molecule has 0 aliphatic carbocycles. The van der Waals surface area contributed by atoms with Gasteiger partial charge in [0.25, 0.3) is 0 Å². The smallest absolute Gasteiger partial charge is 0.169 e. The van der Waals surface area contributed by atoms with Crippen LogP contribution in [0, 0.1) is 0 Å². The van der Waals surface area contributed by atoms with E-state index in [0.29, 0.717) is 6.04 Å². The predicted molar refractivity (Wildman–Crippen MR) is 68.4 cm³/mol. The second-order valence-corrected chi connectivity index (χ2v) is 5.24. The summed E-state index contributed by atoms with van der Waals surface area (Å²) in [6.45, 7) is 0. The molecule has 72 valence electrons. The number of para-hydroxylation sites is 2. The Bertz CT molecular complexity index is 480. The fourth-order valence-electron chi connectivity index (χ4n) is 1.84. The first-order valence-corrected chi connectivity index (χ1v) is 7.07. The summed E-state index contributed by atoms with van der Waals surface area (Å²) in [5, 5.41) is 1.19. The minimum Gasteiger partial charge on any atom is -0.314 e. The molecule has 1 atom stereocenters. The van der Waals surface area contributed by atoms with Gasteiger partial charge in [0.1, 0.15) is 0 Å². The van der Waals surface area contributed by atoms with Crippen molar-refractivity contribution in [2.45, 2.75) is 11.2 Å². The van der Waals surface area contributed by atoms with Crippen LogP contribution >= 0.6 is 34.4 Å². The number of benzene rings is 1. The van der Waals surface area contributed by atoms with Gasteiger partial charge in [-0.3, -0.25) is 0 Å². The zero-order chi connectivity index (χ0) is 9.54. The molecule has 3 rings (SSSR count). The molecule has 0 fully saturated rings. The molecule has 0 saturated carbocycles. The SMILES string of the molecule is ICC1CSc2nc3ccccc3n21. The Morgan fingerprint density at radius 1 is 1.50 bits per heavy atom. The lowest BCUT2D eigenvalue weighted by Crippen LogP contribution is -2.06. The fourth-order valence-corrected chi connectivity index (χ4v) is 4.12. The van der Waals surface area contributed by atoms with E-state index in [1.807, 2.05) is 11.8 Å². The van der Waals surface area contributed by atoms with Gasteiger partial charge in [-0.2, -0.15) is 0 Å². The van der Waals surface area contributed by atoms with Gasteiger partial charge in [-0.05, 0) is 12.1 Å². The normalized spacial score (nSPS) is 20.2. The molecule has 4 heteroatoms. The van der Waals surface area contributed by atoms with E-state index in [9.17, 15) is 0 Å². The Morgan fingerprint density at radius 2 is 2.36 bits per heavy atom. The molecular formula is C10H9IN2S. The van der Waals surface area contributed by atoms with Gasteiger partial charge in [-0.1, -0.05) is 46.5 Å². The lowest BCUT2D eigenvalue weighted by Gasteiger charge is -2.08. The van der Waals surface area contributed by atoms with Crippen molar-refractivity contribution in [3.05, 3.63) is 24.3 Å². The number of thioether (sulfide) groups is 1. The molecule has 14 heavy (non-hydrogen) atoms. The molecule has 1 aromatic carbocycles. The number of alkyl halides is 1. The summed E-state index contributed by atoms with van der Waals surface area (Å²) in [6, 6.07) is 9.02. The van der Waals surface area contributed by atoms with Crippen LogP contribution in [0.4, 0.5) is 0 Å². The van der Waals surface area contributed by atoms with E-state index in [1.165, 1.54) is 16.4 Å². The maximum absolute atomic E-state index is 4.61. The number of fused-ring (bicyclic) bond motifs is 3. The van der Waals surface area contributed by atoms with E-state index in [2.05, 4.69) is 56.4 Å². The highest BCUT2D eigenvalue weighted by atomic mass is 127. The summed E-state index contributed by atoms with van der Waals surface area (Å²) < 4.78 is 3.55. The molecule has 1 aliphatic rings. The first-order valence-electron chi connectivity index (χ1n) is 4.56. The molecule has 0 N–H and O–H groups in total. The quantitative estimate of drug-likeness (QED) is 0.594. The molecule has 2 nitrogen and oxygen atoms in total. The average molecular weight is 316 g/mol. The maximum atomic E-state index is 4.61. The summed E-state index contributed by atoms with van der Waals surface area (Å²) in [5.41, 5.74) is 2.42. The van der Waals surface area contributed by atoms with Crippen LogP contribution in [0.15, 0.2) is 29.4 Å². The summed E-state index contributed by atoms with van der Waals surface area (Å²) in [6.07, 6.45) is 0. The van der Waals surface area contributed by atoms with E-state index in [0.717, 1.165) is 9.94 Å². The largest absolute Gasteiger partial charge is 0.314 e. The van der Waals surface area contributed by atoms with Crippen molar-refractivity contribution in [1.29, 1.82) is 0 Å². The van der Waals surface area contributed by atoms with Crippen LogP contribution in [0.3, 0.4) is 0 Å². The van der Waals surface area contributed by atoms with Crippen LogP contribution in [-0.4, -0.2) is 19.7 Å². The highest BCUT2D eigenvalue weighted by molar-refractivity contribution is 14.1. The van der Waals surface area contributed by atoms with Crippen LogP contribution in [0.5, 0.6) is 0 Å². The first kappa shape index (κ1) is 9.03. The van der Waals surface area contributed by atoms with Crippen LogP contribution in [0.2, 0.25) is 0 Å². The van der Waals surface area contributed by atoms with Gasteiger partial charge in [0.05, 0.1) is 17.1 Å². The standard InChI is InChI=1S/C10H9IN2S/c11-5-7-6-14-10-12-8-3-1-2-4-9(8)13(7)10/h1-4,7H,5-6H2. The third-order valence-corrected chi connectivity index (χ3v) is 4.63. The highest BCUT2D eigenvalue weighted by Crippen LogP contribution is 2.37. The van der Waals surface area contributed by atoms with E-state index >= 15 is 0 Å². The van der Waals surface area contributed by atoms with Crippen LogP contribution < -0.4 is 0 Å². The number of hydrogen-bond acceptors (Lipinski definition) is 2. The van der Waals surface area contributed by atoms with Gasteiger partial charge in [-0.25, -0.2) is 4.98 Å². The molecule has 0 spiro atoms. The van der Waals surface area contributed by atoms with E-state index in [1.54, 1.807) is 0 Å². The highest BCUT2D eigenvalue weighted by Gasteiger charge is 2.24. The molecule has 0 radical (unpaired) electrons. The van der Waals surface area contributed by atoms with Gasteiger partial charge in [0.15, 0.2) is 5.16 Å². The third kappa shape index (κ3) is 1.20. The number of rotatable bonds is 1. The van der Waals surface area contributed by atoms with Crippen molar-refractivity contribution < 1.29 is 0 Å². The molecule has 2 aromatic rings. The van der Waals surface area contributed by atoms with Crippen molar-refractivity contribution in [1.82, 2.24) is 9.55 Å². The zero-order valence-corrected chi connectivity index (χ0v) is 10.5. The minimum absolute atomic E-state index is 0.628. The number of hydrogen-bond donors (Lipinski definition) is 0. The van der Waals surface area contributed by atoms with Crippen LogP contribution in [0.1, 0.15) is 6.04 Å². The second kappa shape index (κ2) is 3.41. The monoisotopic (exact) mass is 316 g/mol. The van der Waals surface area contributed by atoms with Crippen molar-refractivity contribution in [2.75, 3.05) is 10.2 Å². The summed E-state index contributed by atoms with van der Waals surface area (Å²) in [4.78, 5) is 4.61. The van der Waals surface area contributed by atoms with Crippen molar-refractivity contribution in [3.63, 3.8) is 0 Å². The lowest BCUT2D eigenvalue weighted by atomic mass is 10.3. The summed E-state index contributed by atoms with van der Waals surface area (Å²) in [7, 11) is 0. The second-order valence-electron chi connectivity index (χ2n) is 3.37. The number of halogens is 1. The van der Waals surface area contributed by atoms with E-state index < -0.39 is 0 Å².